The number of carbonyl (C=O) groups is 1. The molecule has 110 valence electrons. The number of aryl methyl sites for hydroxylation is 1. The van der Waals surface area contributed by atoms with E-state index in [1.807, 2.05) is 54.6 Å². The molecule has 21 heavy (non-hydrogen) atoms. The third-order valence-corrected chi connectivity index (χ3v) is 3.82. The van der Waals surface area contributed by atoms with Gasteiger partial charge in [-0.1, -0.05) is 49.4 Å². The summed E-state index contributed by atoms with van der Waals surface area (Å²) in [5, 5.41) is 0. The highest BCUT2D eigenvalue weighted by Gasteiger charge is 2.17. The summed E-state index contributed by atoms with van der Waals surface area (Å²) in [5.41, 5.74) is 2.30. The fraction of sp³-hybridized carbons (Fsp3) is 0.316. The van der Waals surface area contributed by atoms with Gasteiger partial charge in [-0.3, -0.25) is 4.79 Å². The Bertz CT molecular complexity index is 558. The van der Waals surface area contributed by atoms with Gasteiger partial charge in [0, 0.05) is 12.3 Å². The molecule has 2 nitrogen and oxygen atoms in total. The smallest absolute Gasteiger partial charge is 0.140 e. The summed E-state index contributed by atoms with van der Waals surface area (Å²) >= 11 is 0. The van der Waals surface area contributed by atoms with Crippen LogP contribution in [0.5, 0.6) is 5.75 Å². The van der Waals surface area contributed by atoms with Crippen LogP contribution in [0.1, 0.15) is 36.8 Å². The zero-order valence-electron chi connectivity index (χ0n) is 12.7. The second kappa shape index (κ2) is 7.63. The van der Waals surface area contributed by atoms with Crippen molar-refractivity contribution in [2.75, 3.05) is 7.11 Å². The van der Waals surface area contributed by atoms with Crippen molar-refractivity contribution in [1.29, 1.82) is 0 Å². The fourth-order valence-corrected chi connectivity index (χ4v) is 2.57. The topological polar surface area (TPSA) is 26.3 Å². The van der Waals surface area contributed by atoms with Crippen LogP contribution in [0.3, 0.4) is 0 Å². The third kappa shape index (κ3) is 4.19. The summed E-state index contributed by atoms with van der Waals surface area (Å²) in [5.74, 6) is 1.18. The third-order valence-electron chi connectivity index (χ3n) is 3.82. The van der Waals surface area contributed by atoms with E-state index in [2.05, 4.69) is 6.92 Å². The van der Waals surface area contributed by atoms with Crippen LogP contribution in [0, 0.1) is 0 Å². The van der Waals surface area contributed by atoms with Crippen molar-refractivity contribution in [3.05, 3.63) is 65.7 Å². The number of Topliss-reactive ketones (excluding diaryl/α,β-unsaturated/α-hetero) is 1. The molecule has 2 heteroatoms. The molecule has 0 N–H and O–H groups in total. The van der Waals surface area contributed by atoms with Gasteiger partial charge < -0.3 is 4.74 Å². The Morgan fingerprint density at radius 1 is 1.05 bits per heavy atom. The molecule has 0 amide bonds. The van der Waals surface area contributed by atoms with Gasteiger partial charge in [-0.05, 0) is 36.1 Å². The average Bonchev–Trinajstić information content (AvgIpc) is 2.55. The van der Waals surface area contributed by atoms with E-state index in [0.717, 1.165) is 24.2 Å². The molecule has 0 radical (unpaired) electrons. The summed E-state index contributed by atoms with van der Waals surface area (Å²) in [7, 11) is 1.66. The Morgan fingerprint density at radius 2 is 1.71 bits per heavy atom. The lowest BCUT2D eigenvalue weighted by Gasteiger charge is -2.14. The van der Waals surface area contributed by atoms with Gasteiger partial charge in [0.25, 0.3) is 0 Å². The Balaban J connectivity index is 1.96. The first kappa shape index (κ1) is 15.3. The Kier molecular flexibility index (Phi) is 5.56. The van der Waals surface area contributed by atoms with Crippen molar-refractivity contribution >= 4 is 5.78 Å². The maximum atomic E-state index is 12.4. The van der Waals surface area contributed by atoms with Gasteiger partial charge in [0.1, 0.15) is 11.5 Å². The average molecular weight is 282 g/mol. The quantitative estimate of drug-likeness (QED) is 0.752. The minimum absolute atomic E-state index is 0.0180. The molecule has 0 unspecified atom stereocenters. The van der Waals surface area contributed by atoms with Crippen LogP contribution in [0.2, 0.25) is 0 Å². The molecule has 0 fully saturated rings. The predicted molar refractivity (Wildman–Crippen MR) is 85.8 cm³/mol. The number of methoxy groups -OCH3 is 1. The maximum Gasteiger partial charge on any atom is 0.140 e. The van der Waals surface area contributed by atoms with Gasteiger partial charge in [0.15, 0.2) is 0 Å². The van der Waals surface area contributed by atoms with E-state index in [-0.39, 0.29) is 5.92 Å². The van der Waals surface area contributed by atoms with E-state index in [4.69, 9.17) is 4.74 Å². The zero-order chi connectivity index (χ0) is 15.1. The standard InChI is InChI=1S/C19H22O2/c1-3-18(16-7-5-4-6-8-16)19(20)14-11-15-9-12-17(21-2)13-10-15/h4-10,12-13,18H,3,11,14H2,1-2H3/t18-/m0/s1. The molecule has 0 saturated carbocycles. The first-order valence-electron chi connectivity index (χ1n) is 7.45. The normalized spacial score (nSPS) is 11.9. The highest BCUT2D eigenvalue weighted by molar-refractivity contribution is 5.85. The minimum atomic E-state index is 0.0180. The molecule has 0 heterocycles. The van der Waals surface area contributed by atoms with Crippen molar-refractivity contribution in [3.8, 4) is 5.75 Å². The second-order valence-electron chi connectivity index (χ2n) is 5.19. The largest absolute Gasteiger partial charge is 0.497 e. The summed E-state index contributed by atoms with van der Waals surface area (Å²) < 4.78 is 5.14. The minimum Gasteiger partial charge on any atom is -0.497 e. The number of ketones is 1. The number of hydrogen-bond donors (Lipinski definition) is 0. The lowest BCUT2D eigenvalue weighted by atomic mass is 9.89. The molecule has 2 aromatic carbocycles. The van der Waals surface area contributed by atoms with Crippen LogP contribution in [-0.2, 0) is 11.2 Å². The number of carbonyl (C=O) groups excluding carboxylic acids is 1. The van der Waals surface area contributed by atoms with E-state index in [9.17, 15) is 4.79 Å². The van der Waals surface area contributed by atoms with Crippen LogP contribution >= 0.6 is 0 Å². The number of benzene rings is 2. The Morgan fingerprint density at radius 3 is 2.29 bits per heavy atom. The van der Waals surface area contributed by atoms with Gasteiger partial charge in [-0.15, -0.1) is 0 Å². The molecule has 0 saturated heterocycles. The van der Waals surface area contributed by atoms with Crippen molar-refractivity contribution in [2.24, 2.45) is 0 Å². The highest BCUT2D eigenvalue weighted by atomic mass is 16.5. The summed E-state index contributed by atoms with van der Waals surface area (Å²) in [6.07, 6.45) is 2.22. The lowest BCUT2D eigenvalue weighted by molar-refractivity contribution is -0.120. The number of ether oxygens (including phenoxy) is 1. The summed E-state index contributed by atoms with van der Waals surface area (Å²) in [6.45, 7) is 2.07. The molecular formula is C19H22O2. The van der Waals surface area contributed by atoms with E-state index < -0.39 is 0 Å². The molecule has 2 aromatic rings. The summed E-state index contributed by atoms with van der Waals surface area (Å²) in [4.78, 5) is 12.4. The number of rotatable bonds is 7. The maximum absolute atomic E-state index is 12.4. The van der Waals surface area contributed by atoms with Crippen molar-refractivity contribution < 1.29 is 9.53 Å². The second-order valence-corrected chi connectivity index (χ2v) is 5.19. The monoisotopic (exact) mass is 282 g/mol. The molecule has 2 rings (SSSR count). The molecule has 0 aromatic heterocycles. The van der Waals surface area contributed by atoms with Crippen molar-refractivity contribution in [2.45, 2.75) is 32.1 Å². The number of hydrogen-bond acceptors (Lipinski definition) is 2. The first-order valence-corrected chi connectivity index (χ1v) is 7.45. The summed E-state index contributed by atoms with van der Waals surface area (Å²) in [6, 6.07) is 18.0. The van der Waals surface area contributed by atoms with E-state index in [1.165, 1.54) is 5.56 Å². The van der Waals surface area contributed by atoms with Gasteiger partial charge in [0.05, 0.1) is 7.11 Å². The van der Waals surface area contributed by atoms with Crippen LogP contribution in [0.25, 0.3) is 0 Å². The van der Waals surface area contributed by atoms with Crippen LogP contribution in [-0.4, -0.2) is 12.9 Å². The van der Waals surface area contributed by atoms with Crippen LogP contribution in [0.15, 0.2) is 54.6 Å². The van der Waals surface area contributed by atoms with E-state index >= 15 is 0 Å². The van der Waals surface area contributed by atoms with Crippen molar-refractivity contribution in [3.63, 3.8) is 0 Å². The molecule has 1 atom stereocenters. The molecule has 0 aliphatic carbocycles. The molecule has 0 aliphatic heterocycles. The molecule has 0 aliphatic rings. The van der Waals surface area contributed by atoms with Crippen LogP contribution in [0.4, 0.5) is 0 Å². The van der Waals surface area contributed by atoms with E-state index in [1.54, 1.807) is 7.11 Å². The zero-order valence-corrected chi connectivity index (χ0v) is 12.7. The van der Waals surface area contributed by atoms with Crippen LogP contribution < -0.4 is 4.74 Å². The van der Waals surface area contributed by atoms with Gasteiger partial charge in [-0.2, -0.15) is 0 Å². The lowest BCUT2D eigenvalue weighted by Crippen LogP contribution is -2.12. The Labute approximate surface area is 126 Å². The molecule has 0 spiro atoms. The molecular weight excluding hydrogens is 260 g/mol. The highest BCUT2D eigenvalue weighted by Crippen LogP contribution is 2.23. The fourth-order valence-electron chi connectivity index (χ4n) is 2.57. The van der Waals surface area contributed by atoms with Crippen molar-refractivity contribution in [1.82, 2.24) is 0 Å². The van der Waals surface area contributed by atoms with Gasteiger partial charge in [-0.25, -0.2) is 0 Å². The van der Waals surface area contributed by atoms with Gasteiger partial charge in [0.2, 0.25) is 0 Å². The predicted octanol–water partition coefficient (Wildman–Crippen LogP) is 4.39. The SMILES string of the molecule is CC[C@H](C(=O)CCc1ccc(OC)cc1)c1ccccc1. The Hall–Kier alpha value is -2.09. The van der Waals surface area contributed by atoms with Gasteiger partial charge >= 0.3 is 0 Å². The first-order chi connectivity index (χ1) is 10.2. The molecule has 0 bridgehead atoms. The van der Waals surface area contributed by atoms with E-state index in [0.29, 0.717) is 12.2 Å².